The lowest BCUT2D eigenvalue weighted by molar-refractivity contribution is 0.136. The molecule has 1 aromatic heterocycles. The van der Waals surface area contributed by atoms with Gasteiger partial charge >= 0.3 is 0 Å². The van der Waals surface area contributed by atoms with E-state index in [2.05, 4.69) is 6.92 Å². The molecular weight excluding hydrogens is 312 g/mol. The summed E-state index contributed by atoms with van der Waals surface area (Å²) >= 11 is 0. The number of furan rings is 1. The molecule has 1 atom stereocenters. The first kappa shape index (κ1) is 19.9. The Morgan fingerprint density at radius 2 is 1.52 bits per heavy atom. The first-order valence-corrected chi connectivity index (χ1v) is 10.4. The Balaban J connectivity index is 1.36. The van der Waals surface area contributed by atoms with Crippen molar-refractivity contribution < 1.29 is 13.9 Å². The van der Waals surface area contributed by atoms with Crippen molar-refractivity contribution in [2.45, 2.75) is 96.5 Å². The minimum Gasteiger partial charge on any atom is -0.490 e. The summed E-state index contributed by atoms with van der Waals surface area (Å²) in [6.07, 6.45) is 21.0. The van der Waals surface area contributed by atoms with Crippen molar-refractivity contribution in [2.75, 3.05) is 6.61 Å². The number of ether oxygens (including phenoxy) is 2. The van der Waals surface area contributed by atoms with Crippen molar-refractivity contribution in [3.8, 4) is 5.95 Å². The Labute approximate surface area is 153 Å². The molecule has 0 bridgehead atoms. The Hall–Kier alpha value is -1.38. The second kappa shape index (κ2) is 12.9. The van der Waals surface area contributed by atoms with Crippen molar-refractivity contribution >= 4 is 0 Å². The summed E-state index contributed by atoms with van der Waals surface area (Å²) in [7, 11) is 0. The molecule has 25 heavy (non-hydrogen) atoms. The Morgan fingerprint density at radius 1 is 0.880 bits per heavy atom. The summed E-state index contributed by atoms with van der Waals surface area (Å²) in [4.78, 5) is 0. The third-order valence-corrected chi connectivity index (χ3v) is 4.85. The van der Waals surface area contributed by atoms with Crippen LogP contribution >= 0.6 is 0 Å². The van der Waals surface area contributed by atoms with Crippen LogP contribution in [-0.4, -0.2) is 6.61 Å². The molecule has 0 aromatic carbocycles. The monoisotopic (exact) mass is 348 g/mol. The average molecular weight is 349 g/mol. The molecule has 1 unspecified atom stereocenters. The van der Waals surface area contributed by atoms with E-state index in [0.29, 0.717) is 5.95 Å². The van der Waals surface area contributed by atoms with E-state index in [1.165, 1.54) is 70.6 Å². The summed E-state index contributed by atoms with van der Waals surface area (Å²) in [6, 6.07) is 3.85. The molecule has 1 aromatic rings. The van der Waals surface area contributed by atoms with Gasteiger partial charge in [-0.2, -0.15) is 0 Å². The molecule has 0 saturated carbocycles. The number of hydrogen-bond donors (Lipinski definition) is 0. The molecule has 0 fully saturated rings. The molecule has 1 aliphatic heterocycles. The zero-order chi connectivity index (χ0) is 17.6. The van der Waals surface area contributed by atoms with Crippen molar-refractivity contribution in [3.63, 3.8) is 0 Å². The van der Waals surface area contributed by atoms with Crippen LogP contribution in [0.25, 0.3) is 0 Å². The van der Waals surface area contributed by atoms with Crippen LogP contribution in [0.15, 0.2) is 28.9 Å². The highest BCUT2D eigenvalue weighted by Gasteiger charge is 2.18. The maximum atomic E-state index is 5.70. The smallest absolute Gasteiger partial charge is 0.284 e. The van der Waals surface area contributed by atoms with Gasteiger partial charge in [-0.25, -0.2) is 0 Å². The van der Waals surface area contributed by atoms with Gasteiger partial charge in [0, 0.05) is 12.5 Å². The molecule has 2 heterocycles. The van der Waals surface area contributed by atoms with Crippen LogP contribution < -0.4 is 4.74 Å². The Bertz CT molecular complexity index is 456. The van der Waals surface area contributed by atoms with Gasteiger partial charge in [-0.3, -0.25) is 0 Å². The van der Waals surface area contributed by atoms with E-state index in [9.17, 15) is 0 Å². The third kappa shape index (κ3) is 8.51. The van der Waals surface area contributed by atoms with Crippen LogP contribution in [-0.2, 0) is 4.74 Å². The van der Waals surface area contributed by atoms with E-state index in [1.807, 2.05) is 18.2 Å². The van der Waals surface area contributed by atoms with Gasteiger partial charge in [-0.05, 0) is 18.6 Å². The van der Waals surface area contributed by atoms with E-state index < -0.39 is 0 Å². The van der Waals surface area contributed by atoms with Crippen LogP contribution in [0.1, 0.15) is 102 Å². The quantitative estimate of drug-likeness (QED) is 0.311. The Morgan fingerprint density at radius 3 is 2.12 bits per heavy atom. The van der Waals surface area contributed by atoms with E-state index >= 15 is 0 Å². The number of rotatable bonds is 15. The van der Waals surface area contributed by atoms with Gasteiger partial charge in [0.25, 0.3) is 5.95 Å². The molecule has 0 radical (unpaired) electrons. The van der Waals surface area contributed by atoms with Crippen LogP contribution in [0, 0.1) is 0 Å². The SMILES string of the molecule is CCCCCCCCCCCCCCOc1ccc(C2CC=CO2)o1. The van der Waals surface area contributed by atoms with Crippen LogP contribution in [0.3, 0.4) is 0 Å². The molecule has 0 saturated heterocycles. The Kier molecular flexibility index (Phi) is 10.3. The van der Waals surface area contributed by atoms with Crippen LogP contribution in [0.2, 0.25) is 0 Å². The van der Waals surface area contributed by atoms with Crippen molar-refractivity contribution in [1.82, 2.24) is 0 Å². The van der Waals surface area contributed by atoms with Crippen molar-refractivity contribution in [2.24, 2.45) is 0 Å². The maximum absolute atomic E-state index is 5.70. The predicted octanol–water partition coefficient (Wildman–Crippen LogP) is 7.33. The van der Waals surface area contributed by atoms with E-state index in [1.54, 1.807) is 6.26 Å². The van der Waals surface area contributed by atoms with Gasteiger partial charge in [-0.15, -0.1) is 0 Å². The summed E-state index contributed by atoms with van der Waals surface area (Å²) in [5.74, 6) is 1.48. The lowest BCUT2D eigenvalue weighted by Gasteiger charge is -2.06. The highest BCUT2D eigenvalue weighted by Crippen LogP contribution is 2.30. The van der Waals surface area contributed by atoms with Crippen molar-refractivity contribution in [1.29, 1.82) is 0 Å². The lowest BCUT2D eigenvalue weighted by atomic mass is 10.1. The zero-order valence-corrected chi connectivity index (χ0v) is 16.0. The van der Waals surface area contributed by atoms with Gasteiger partial charge in [0.1, 0.15) is 5.76 Å². The fraction of sp³-hybridized carbons (Fsp3) is 0.727. The second-order valence-corrected chi connectivity index (χ2v) is 7.13. The maximum Gasteiger partial charge on any atom is 0.284 e. The number of unbranched alkanes of at least 4 members (excludes halogenated alkanes) is 11. The number of hydrogen-bond acceptors (Lipinski definition) is 3. The average Bonchev–Trinajstić information content (AvgIpc) is 3.30. The van der Waals surface area contributed by atoms with Gasteiger partial charge in [0.05, 0.1) is 12.9 Å². The predicted molar refractivity (Wildman–Crippen MR) is 103 cm³/mol. The van der Waals surface area contributed by atoms with E-state index in [4.69, 9.17) is 13.9 Å². The van der Waals surface area contributed by atoms with E-state index in [0.717, 1.165) is 25.2 Å². The molecule has 0 N–H and O–H groups in total. The minimum absolute atomic E-state index is 0.0315. The standard InChI is InChI=1S/C22H36O3/c1-2-3-4-5-6-7-8-9-10-11-12-13-18-24-22-17-16-21(25-22)20-15-14-19-23-20/h14,16-17,19-20H,2-13,15,18H2,1H3. The summed E-state index contributed by atoms with van der Waals surface area (Å²) in [6.45, 7) is 3.02. The summed E-state index contributed by atoms with van der Waals surface area (Å²) in [5.41, 5.74) is 0. The third-order valence-electron chi connectivity index (χ3n) is 4.85. The molecule has 0 aliphatic carbocycles. The van der Waals surface area contributed by atoms with Gasteiger partial charge < -0.3 is 13.9 Å². The van der Waals surface area contributed by atoms with Gasteiger partial charge in [0.15, 0.2) is 6.10 Å². The normalized spacial score (nSPS) is 16.3. The summed E-state index contributed by atoms with van der Waals surface area (Å²) < 4.78 is 16.8. The molecule has 1 aliphatic rings. The molecule has 2 rings (SSSR count). The fourth-order valence-electron chi connectivity index (χ4n) is 3.27. The highest BCUT2D eigenvalue weighted by molar-refractivity contribution is 5.15. The molecular formula is C22H36O3. The summed E-state index contributed by atoms with van der Waals surface area (Å²) in [5, 5.41) is 0. The lowest BCUT2D eigenvalue weighted by Crippen LogP contribution is -1.96. The van der Waals surface area contributed by atoms with Crippen molar-refractivity contribution in [3.05, 3.63) is 30.2 Å². The first-order chi connectivity index (χ1) is 12.4. The molecule has 3 nitrogen and oxygen atoms in total. The zero-order valence-electron chi connectivity index (χ0n) is 16.0. The van der Waals surface area contributed by atoms with Gasteiger partial charge in [0.2, 0.25) is 0 Å². The topological polar surface area (TPSA) is 31.6 Å². The molecule has 3 heteroatoms. The molecule has 0 spiro atoms. The fourth-order valence-corrected chi connectivity index (χ4v) is 3.27. The molecule has 142 valence electrons. The van der Waals surface area contributed by atoms with Crippen LogP contribution in [0.4, 0.5) is 0 Å². The molecule has 0 amide bonds. The second-order valence-electron chi connectivity index (χ2n) is 7.13. The first-order valence-electron chi connectivity index (χ1n) is 10.4. The highest BCUT2D eigenvalue weighted by atomic mass is 16.6. The van der Waals surface area contributed by atoms with E-state index in [-0.39, 0.29) is 6.10 Å². The largest absolute Gasteiger partial charge is 0.490 e. The van der Waals surface area contributed by atoms with Gasteiger partial charge in [-0.1, -0.05) is 77.6 Å². The van der Waals surface area contributed by atoms with Crippen LogP contribution in [0.5, 0.6) is 5.95 Å². The minimum atomic E-state index is 0.0315.